The highest BCUT2D eigenvalue weighted by Crippen LogP contribution is 2.16. The highest BCUT2D eigenvalue weighted by Gasteiger charge is 2.23. The Bertz CT molecular complexity index is 760. The number of hydrogen-bond acceptors (Lipinski definition) is 4. The van der Waals surface area contributed by atoms with Crippen LogP contribution in [0.25, 0.3) is 0 Å². The van der Waals surface area contributed by atoms with Crippen LogP contribution in [-0.4, -0.2) is 43.8 Å². The minimum Gasteiger partial charge on any atom is -0.356 e. The molecule has 0 atom stereocenters. The Labute approximate surface area is 139 Å². The van der Waals surface area contributed by atoms with E-state index >= 15 is 0 Å². The summed E-state index contributed by atoms with van der Waals surface area (Å²) in [7, 11) is -3.60. The van der Waals surface area contributed by atoms with Crippen LogP contribution in [0.15, 0.2) is 34.7 Å². The molecule has 1 fully saturated rings. The average molecular weight is 353 g/mol. The number of likely N-dealkylation sites (tertiary alicyclic amines) is 1. The van der Waals surface area contributed by atoms with E-state index in [1.54, 1.807) is 16.2 Å². The second-order valence-electron chi connectivity index (χ2n) is 5.48. The Hall–Kier alpha value is -1.64. The number of carbonyl (C=O) groups is 1. The first-order valence-electron chi connectivity index (χ1n) is 7.56. The number of nitrogens with zero attached hydrogens (tertiary/aromatic N) is 1. The topological polar surface area (TPSA) is 82.3 Å². The van der Waals surface area contributed by atoms with Gasteiger partial charge in [-0.25, -0.2) is 13.1 Å². The summed E-state index contributed by atoms with van der Waals surface area (Å²) < 4.78 is 27.1. The summed E-state index contributed by atoms with van der Waals surface area (Å²) in [5.41, 5.74) is 0.325. The number of aromatic amines is 1. The van der Waals surface area contributed by atoms with Crippen molar-refractivity contribution in [1.29, 1.82) is 0 Å². The van der Waals surface area contributed by atoms with Crippen molar-refractivity contribution in [3.05, 3.63) is 40.3 Å². The molecule has 0 aromatic carbocycles. The predicted octanol–water partition coefficient (Wildman–Crippen LogP) is 1.83. The number of hydrogen-bond donors (Lipinski definition) is 2. The Morgan fingerprint density at radius 3 is 2.83 bits per heavy atom. The molecule has 8 heteroatoms. The fourth-order valence-electron chi connectivity index (χ4n) is 2.59. The molecule has 2 N–H and O–H groups in total. The molecule has 124 valence electrons. The van der Waals surface area contributed by atoms with Crippen molar-refractivity contribution in [2.75, 3.05) is 19.6 Å². The van der Waals surface area contributed by atoms with Crippen molar-refractivity contribution in [1.82, 2.24) is 14.6 Å². The molecule has 1 saturated heterocycles. The third-order valence-electron chi connectivity index (χ3n) is 3.83. The second-order valence-corrected chi connectivity index (χ2v) is 8.27. The monoisotopic (exact) mass is 353 g/mol. The van der Waals surface area contributed by atoms with Gasteiger partial charge in [-0.05, 0) is 36.8 Å². The summed E-state index contributed by atoms with van der Waals surface area (Å²) in [4.78, 5) is 18.0. The number of sulfonamides is 1. The van der Waals surface area contributed by atoms with Gasteiger partial charge < -0.3 is 9.88 Å². The van der Waals surface area contributed by atoms with Crippen LogP contribution in [0.3, 0.4) is 0 Å². The number of aromatic nitrogens is 1. The van der Waals surface area contributed by atoms with Gasteiger partial charge in [0.15, 0.2) is 0 Å². The zero-order chi connectivity index (χ0) is 16.3. The molecule has 3 rings (SSSR count). The molecule has 2 aromatic rings. The van der Waals surface area contributed by atoms with Gasteiger partial charge in [0.1, 0.15) is 10.6 Å². The van der Waals surface area contributed by atoms with Crippen LogP contribution >= 0.6 is 11.3 Å². The lowest BCUT2D eigenvalue weighted by molar-refractivity contribution is 0.0787. The van der Waals surface area contributed by atoms with E-state index in [0.29, 0.717) is 18.7 Å². The number of nitrogens with one attached hydrogen (secondary N) is 2. The Kier molecular flexibility index (Phi) is 4.84. The largest absolute Gasteiger partial charge is 0.356 e. The normalized spacial score (nSPS) is 15.2. The van der Waals surface area contributed by atoms with Gasteiger partial charge in [-0.3, -0.25) is 4.79 Å². The van der Waals surface area contributed by atoms with Gasteiger partial charge in [-0.2, -0.15) is 0 Å². The van der Waals surface area contributed by atoms with Crippen LogP contribution in [0.5, 0.6) is 0 Å². The zero-order valence-corrected chi connectivity index (χ0v) is 14.3. The van der Waals surface area contributed by atoms with E-state index in [1.807, 2.05) is 17.5 Å². The number of amides is 1. The minimum atomic E-state index is -3.60. The first-order chi connectivity index (χ1) is 11.1. The minimum absolute atomic E-state index is 0.103. The summed E-state index contributed by atoms with van der Waals surface area (Å²) in [6.07, 6.45) is 4.03. The lowest BCUT2D eigenvalue weighted by Crippen LogP contribution is -2.28. The third kappa shape index (κ3) is 3.82. The van der Waals surface area contributed by atoms with Crippen LogP contribution in [0, 0.1) is 0 Å². The first-order valence-corrected chi connectivity index (χ1v) is 9.92. The third-order valence-corrected chi connectivity index (χ3v) is 6.21. The fourth-order valence-corrected chi connectivity index (χ4v) is 4.32. The molecule has 1 aliphatic rings. The van der Waals surface area contributed by atoms with E-state index in [2.05, 4.69) is 9.71 Å². The van der Waals surface area contributed by atoms with E-state index in [-0.39, 0.29) is 10.8 Å². The van der Waals surface area contributed by atoms with Crippen molar-refractivity contribution in [3.8, 4) is 0 Å². The van der Waals surface area contributed by atoms with E-state index in [4.69, 9.17) is 0 Å². The number of carbonyl (C=O) groups excluding carboxylic acids is 1. The number of H-pyrrole nitrogens is 1. The summed E-state index contributed by atoms with van der Waals surface area (Å²) >= 11 is 1.60. The highest BCUT2D eigenvalue weighted by atomic mass is 32.2. The maximum Gasteiger partial charge on any atom is 0.270 e. The van der Waals surface area contributed by atoms with Crippen molar-refractivity contribution in [2.45, 2.75) is 24.2 Å². The van der Waals surface area contributed by atoms with E-state index in [1.165, 1.54) is 12.3 Å². The zero-order valence-electron chi connectivity index (χ0n) is 12.6. The molecule has 6 nitrogen and oxygen atoms in total. The number of rotatable bonds is 6. The highest BCUT2D eigenvalue weighted by molar-refractivity contribution is 7.89. The predicted molar refractivity (Wildman–Crippen MR) is 89.1 cm³/mol. The molecule has 23 heavy (non-hydrogen) atoms. The maximum absolute atomic E-state index is 12.3. The SMILES string of the molecule is O=C(c1cc(S(=O)(=O)NCCc2cccs2)c[nH]1)N1CCCC1. The molecular formula is C15H19N3O3S2. The molecular weight excluding hydrogens is 334 g/mol. The van der Waals surface area contributed by atoms with Crippen LogP contribution < -0.4 is 4.72 Å². The molecule has 0 bridgehead atoms. The molecule has 3 heterocycles. The van der Waals surface area contributed by atoms with Crippen molar-refractivity contribution >= 4 is 27.3 Å². The Morgan fingerprint density at radius 2 is 2.13 bits per heavy atom. The smallest absolute Gasteiger partial charge is 0.270 e. The van der Waals surface area contributed by atoms with Crippen LogP contribution in [-0.2, 0) is 16.4 Å². The van der Waals surface area contributed by atoms with E-state index < -0.39 is 10.0 Å². The fraction of sp³-hybridized carbons (Fsp3) is 0.400. The molecule has 0 saturated carbocycles. The van der Waals surface area contributed by atoms with Gasteiger partial charge in [0, 0.05) is 30.7 Å². The van der Waals surface area contributed by atoms with Gasteiger partial charge in [0.2, 0.25) is 10.0 Å². The van der Waals surface area contributed by atoms with Crippen LogP contribution in [0.2, 0.25) is 0 Å². The molecule has 0 spiro atoms. The molecule has 0 aliphatic carbocycles. The standard InChI is InChI=1S/C15H19N3O3S2/c19-15(18-7-1-2-8-18)14-10-13(11-16-14)23(20,21)17-6-5-12-4-3-9-22-12/h3-4,9-11,16-17H,1-2,5-8H2. The Morgan fingerprint density at radius 1 is 1.35 bits per heavy atom. The lowest BCUT2D eigenvalue weighted by Gasteiger charge is -2.13. The quantitative estimate of drug-likeness (QED) is 0.831. The average Bonchev–Trinajstić information content (AvgIpc) is 3.27. The number of thiophene rings is 1. The molecule has 2 aromatic heterocycles. The van der Waals surface area contributed by atoms with E-state index in [0.717, 1.165) is 30.8 Å². The first kappa shape index (κ1) is 16.2. The molecule has 0 radical (unpaired) electrons. The van der Waals surface area contributed by atoms with Crippen molar-refractivity contribution in [2.24, 2.45) is 0 Å². The van der Waals surface area contributed by atoms with Gasteiger partial charge in [-0.1, -0.05) is 6.07 Å². The molecule has 1 amide bonds. The molecule has 0 unspecified atom stereocenters. The summed E-state index contributed by atoms with van der Waals surface area (Å²) in [6, 6.07) is 5.33. The lowest BCUT2D eigenvalue weighted by atomic mass is 10.3. The van der Waals surface area contributed by atoms with Crippen molar-refractivity contribution in [3.63, 3.8) is 0 Å². The van der Waals surface area contributed by atoms with Gasteiger partial charge in [0.05, 0.1) is 0 Å². The van der Waals surface area contributed by atoms with Gasteiger partial charge in [0.25, 0.3) is 5.91 Å². The van der Waals surface area contributed by atoms with E-state index in [9.17, 15) is 13.2 Å². The van der Waals surface area contributed by atoms with Crippen molar-refractivity contribution < 1.29 is 13.2 Å². The van der Waals surface area contributed by atoms with Gasteiger partial charge in [-0.15, -0.1) is 11.3 Å². The molecule has 1 aliphatic heterocycles. The Balaban J connectivity index is 1.62. The summed E-state index contributed by atoms with van der Waals surface area (Å²) in [5, 5.41) is 1.96. The summed E-state index contributed by atoms with van der Waals surface area (Å²) in [6.45, 7) is 1.81. The van der Waals surface area contributed by atoms with Crippen LogP contribution in [0.1, 0.15) is 28.2 Å². The summed E-state index contributed by atoms with van der Waals surface area (Å²) in [5.74, 6) is -0.137. The maximum atomic E-state index is 12.3. The van der Waals surface area contributed by atoms with Crippen LogP contribution in [0.4, 0.5) is 0 Å². The van der Waals surface area contributed by atoms with Gasteiger partial charge >= 0.3 is 0 Å². The second kappa shape index (κ2) is 6.86.